The van der Waals surface area contributed by atoms with Crippen LogP contribution in [0.2, 0.25) is 0 Å². The molecule has 0 saturated heterocycles. The minimum Gasteiger partial charge on any atom is -0.368 e. The number of carbonyl (C=O) groups is 2. The van der Waals surface area contributed by atoms with Gasteiger partial charge in [0, 0.05) is 32.4 Å². The summed E-state index contributed by atoms with van der Waals surface area (Å²) in [6, 6.07) is 5.91. The van der Waals surface area contributed by atoms with E-state index in [4.69, 9.17) is 0 Å². The van der Waals surface area contributed by atoms with Crippen LogP contribution in [0.25, 0.3) is 0 Å². The fraction of sp³-hybridized carbons (Fsp3) is 0.444. The molecule has 0 spiro atoms. The van der Waals surface area contributed by atoms with Crippen LogP contribution in [0.15, 0.2) is 30.7 Å². The van der Waals surface area contributed by atoms with E-state index in [0.29, 0.717) is 25.3 Å². The van der Waals surface area contributed by atoms with Crippen molar-refractivity contribution in [1.82, 2.24) is 24.8 Å². The lowest BCUT2D eigenvalue weighted by molar-refractivity contribution is -0.121. The topological polar surface area (TPSA) is 92.2 Å². The minimum atomic E-state index is -0.175. The molecule has 3 rings (SSSR count). The highest BCUT2D eigenvalue weighted by atomic mass is 16.2. The molecule has 2 amide bonds. The molecule has 2 N–H and O–H groups in total. The number of aromatic nitrogens is 3. The highest BCUT2D eigenvalue weighted by Crippen LogP contribution is 2.10. The fourth-order valence-corrected chi connectivity index (χ4v) is 2.93. The number of nitrogens with zero attached hydrogens (tertiary/aromatic N) is 4. The van der Waals surface area contributed by atoms with Crippen molar-refractivity contribution in [2.24, 2.45) is 7.05 Å². The number of imidazole rings is 1. The quantitative estimate of drug-likeness (QED) is 0.789. The number of amides is 2. The van der Waals surface area contributed by atoms with Crippen LogP contribution in [0.5, 0.6) is 0 Å². The third-order valence-electron chi connectivity index (χ3n) is 4.33. The molecule has 8 nitrogen and oxygen atoms in total. The van der Waals surface area contributed by atoms with Crippen molar-refractivity contribution in [2.75, 3.05) is 31.5 Å². The van der Waals surface area contributed by atoms with Gasteiger partial charge in [-0.2, -0.15) is 0 Å². The summed E-state index contributed by atoms with van der Waals surface area (Å²) in [7, 11) is 1.77. The SMILES string of the molecule is Cn1cncc1C(=O)N1CCCCc2cccc(n2)NCCNC(=O)C1. The zero-order valence-corrected chi connectivity index (χ0v) is 14.9. The maximum atomic E-state index is 12.8. The van der Waals surface area contributed by atoms with Crippen molar-refractivity contribution < 1.29 is 9.59 Å². The van der Waals surface area contributed by atoms with Crippen LogP contribution in [0, 0.1) is 0 Å². The van der Waals surface area contributed by atoms with Crippen LogP contribution in [-0.2, 0) is 18.3 Å². The minimum absolute atomic E-state index is 0.0492. The number of fused-ring (bicyclic) bond motifs is 2. The number of pyridine rings is 1. The predicted octanol–water partition coefficient (Wildman–Crippen LogP) is 0.822. The molecule has 1 aliphatic heterocycles. The van der Waals surface area contributed by atoms with Gasteiger partial charge in [0.15, 0.2) is 0 Å². The predicted molar refractivity (Wildman–Crippen MR) is 97.8 cm³/mol. The Bertz CT molecular complexity index is 773. The lowest BCUT2D eigenvalue weighted by Gasteiger charge is -2.22. The lowest BCUT2D eigenvalue weighted by Crippen LogP contribution is -2.42. The molecule has 0 aliphatic carbocycles. The molecule has 0 saturated carbocycles. The number of nitrogens with one attached hydrogen (secondary N) is 2. The number of carbonyl (C=O) groups excluding carboxylic acids is 2. The lowest BCUT2D eigenvalue weighted by atomic mass is 10.1. The van der Waals surface area contributed by atoms with Gasteiger partial charge in [-0.1, -0.05) is 6.07 Å². The van der Waals surface area contributed by atoms with Gasteiger partial charge in [0.25, 0.3) is 5.91 Å². The monoisotopic (exact) mass is 356 g/mol. The normalized spacial score (nSPS) is 16.3. The molecule has 2 aromatic rings. The summed E-state index contributed by atoms with van der Waals surface area (Å²) < 4.78 is 1.67. The molecular weight excluding hydrogens is 332 g/mol. The van der Waals surface area contributed by atoms with E-state index in [1.165, 1.54) is 6.20 Å². The van der Waals surface area contributed by atoms with Crippen LogP contribution in [0.4, 0.5) is 5.82 Å². The summed E-state index contributed by atoms with van der Waals surface area (Å²) in [5, 5.41) is 6.05. The van der Waals surface area contributed by atoms with E-state index in [-0.39, 0.29) is 18.4 Å². The van der Waals surface area contributed by atoms with E-state index < -0.39 is 0 Å². The third kappa shape index (κ3) is 4.59. The molecule has 0 atom stereocenters. The summed E-state index contributed by atoms with van der Waals surface area (Å²) in [5.41, 5.74) is 1.51. The molecule has 1 aliphatic rings. The first-order valence-corrected chi connectivity index (χ1v) is 8.85. The summed E-state index contributed by atoms with van der Waals surface area (Å²) in [4.78, 5) is 35.2. The van der Waals surface area contributed by atoms with E-state index in [2.05, 4.69) is 20.6 Å². The van der Waals surface area contributed by atoms with Gasteiger partial charge in [0.2, 0.25) is 5.91 Å². The Balaban J connectivity index is 1.71. The smallest absolute Gasteiger partial charge is 0.272 e. The maximum Gasteiger partial charge on any atom is 0.272 e. The van der Waals surface area contributed by atoms with E-state index >= 15 is 0 Å². The Kier molecular flexibility index (Phi) is 5.83. The molecule has 3 heterocycles. The number of rotatable bonds is 1. The molecule has 138 valence electrons. The highest BCUT2D eigenvalue weighted by molar-refractivity contribution is 5.95. The van der Waals surface area contributed by atoms with Crippen molar-refractivity contribution in [3.63, 3.8) is 0 Å². The molecule has 8 heteroatoms. The van der Waals surface area contributed by atoms with Crippen LogP contribution in [0.3, 0.4) is 0 Å². The van der Waals surface area contributed by atoms with Crippen molar-refractivity contribution in [3.05, 3.63) is 42.1 Å². The van der Waals surface area contributed by atoms with Crippen LogP contribution >= 0.6 is 0 Å². The summed E-state index contributed by atoms with van der Waals surface area (Å²) in [5.74, 6) is 0.480. The van der Waals surface area contributed by atoms with Gasteiger partial charge in [0.1, 0.15) is 11.5 Å². The largest absolute Gasteiger partial charge is 0.368 e. The average Bonchev–Trinajstić information content (AvgIpc) is 3.06. The molecule has 0 unspecified atom stereocenters. The molecule has 26 heavy (non-hydrogen) atoms. The Labute approximate surface area is 152 Å². The Morgan fingerprint density at radius 2 is 2.04 bits per heavy atom. The van der Waals surface area contributed by atoms with Crippen LogP contribution in [0.1, 0.15) is 29.0 Å². The van der Waals surface area contributed by atoms with Gasteiger partial charge in [-0.3, -0.25) is 9.59 Å². The Hall–Kier alpha value is -2.90. The van der Waals surface area contributed by atoms with Crippen LogP contribution < -0.4 is 10.6 Å². The van der Waals surface area contributed by atoms with Crippen molar-refractivity contribution >= 4 is 17.6 Å². The van der Waals surface area contributed by atoms with E-state index in [1.54, 1.807) is 22.8 Å². The fourth-order valence-electron chi connectivity index (χ4n) is 2.93. The third-order valence-corrected chi connectivity index (χ3v) is 4.33. The zero-order valence-electron chi connectivity index (χ0n) is 14.9. The Morgan fingerprint density at radius 1 is 1.19 bits per heavy atom. The second-order valence-corrected chi connectivity index (χ2v) is 6.36. The van der Waals surface area contributed by atoms with E-state index in [1.807, 2.05) is 18.2 Å². The number of aryl methyl sites for hydroxylation is 2. The first-order valence-electron chi connectivity index (χ1n) is 8.85. The van der Waals surface area contributed by atoms with Crippen molar-refractivity contribution in [2.45, 2.75) is 19.3 Å². The first kappa shape index (κ1) is 17.9. The summed E-state index contributed by atoms with van der Waals surface area (Å²) in [6.45, 7) is 1.62. The number of hydrogen-bond donors (Lipinski definition) is 2. The number of anilines is 1. The summed E-state index contributed by atoms with van der Waals surface area (Å²) >= 11 is 0. The standard InChI is InChI=1S/C18H24N6O2/c1-23-13-19-11-15(23)18(26)24-10-3-2-5-14-6-4-7-16(22-14)20-8-9-21-17(25)12-24/h4,6-7,11,13H,2-3,5,8-10,12H2,1H3,(H,20,22)(H,21,25). The van der Waals surface area contributed by atoms with Gasteiger partial charge in [-0.15, -0.1) is 0 Å². The highest BCUT2D eigenvalue weighted by Gasteiger charge is 2.21. The molecule has 2 bridgehead atoms. The molecule has 0 radical (unpaired) electrons. The average molecular weight is 356 g/mol. The van der Waals surface area contributed by atoms with Crippen molar-refractivity contribution in [3.8, 4) is 0 Å². The van der Waals surface area contributed by atoms with Gasteiger partial charge < -0.3 is 20.1 Å². The molecular formula is C18H24N6O2. The van der Waals surface area contributed by atoms with Gasteiger partial charge in [0.05, 0.1) is 19.1 Å². The number of hydrogen-bond acceptors (Lipinski definition) is 5. The molecule has 0 fully saturated rings. The van der Waals surface area contributed by atoms with Gasteiger partial charge >= 0.3 is 0 Å². The second-order valence-electron chi connectivity index (χ2n) is 6.36. The molecule has 2 aromatic heterocycles. The molecule has 0 aromatic carbocycles. The first-order chi connectivity index (χ1) is 12.6. The zero-order chi connectivity index (χ0) is 18.4. The van der Waals surface area contributed by atoms with E-state index in [9.17, 15) is 9.59 Å². The maximum absolute atomic E-state index is 12.8. The van der Waals surface area contributed by atoms with Crippen LogP contribution in [-0.4, -0.2) is 57.4 Å². The summed E-state index contributed by atoms with van der Waals surface area (Å²) in [6.07, 6.45) is 5.66. The van der Waals surface area contributed by atoms with E-state index in [0.717, 1.165) is 30.8 Å². The van der Waals surface area contributed by atoms with Crippen molar-refractivity contribution in [1.29, 1.82) is 0 Å². The van der Waals surface area contributed by atoms with Gasteiger partial charge in [-0.05, 0) is 31.4 Å². The Morgan fingerprint density at radius 3 is 2.85 bits per heavy atom. The van der Waals surface area contributed by atoms with Gasteiger partial charge in [-0.25, -0.2) is 9.97 Å². The second kappa shape index (κ2) is 8.46.